The molecule has 4 fully saturated rings. The molecule has 6 rings (SSSR count). The summed E-state index contributed by atoms with van der Waals surface area (Å²) in [6.07, 6.45) is 10.0. The fourth-order valence-corrected chi connectivity index (χ4v) is 7.36. The van der Waals surface area contributed by atoms with Crippen LogP contribution in [0.4, 0.5) is 5.69 Å². The zero-order valence-corrected chi connectivity index (χ0v) is 23.7. The molecule has 38 heavy (non-hydrogen) atoms. The van der Waals surface area contributed by atoms with E-state index in [-0.39, 0.29) is 23.7 Å². The van der Waals surface area contributed by atoms with Gasteiger partial charge in [0.1, 0.15) is 11.6 Å². The number of nitrogens with one attached hydrogen (secondary N) is 1. The van der Waals surface area contributed by atoms with Crippen LogP contribution in [0.15, 0.2) is 18.2 Å². The molecule has 1 aromatic heterocycles. The van der Waals surface area contributed by atoms with Gasteiger partial charge in [0.05, 0.1) is 11.8 Å². The SMILES string of the molecule is CC(=O)N1C[C@H](C(=O)Nc2ccc(C)cc2C)[C@@H](c2nnc(C3CC4(CCC(C)(C)CC4)C3)n2C2CC2)C1. The maximum atomic E-state index is 13.7. The second-order valence-electron chi connectivity index (χ2n) is 13.7. The Balaban J connectivity index is 1.25. The molecular formula is C31H43N5O2. The van der Waals surface area contributed by atoms with Gasteiger partial charge in [-0.15, -0.1) is 10.2 Å². The van der Waals surface area contributed by atoms with Gasteiger partial charge in [0.15, 0.2) is 0 Å². The second kappa shape index (κ2) is 9.20. The number of rotatable bonds is 5. The third-order valence-electron chi connectivity index (χ3n) is 10.1. The molecule has 7 nitrogen and oxygen atoms in total. The zero-order chi connectivity index (χ0) is 26.8. The summed E-state index contributed by atoms with van der Waals surface area (Å²) >= 11 is 0. The van der Waals surface area contributed by atoms with E-state index in [1.54, 1.807) is 6.92 Å². The van der Waals surface area contributed by atoms with Crippen molar-refractivity contribution in [3.63, 3.8) is 0 Å². The largest absolute Gasteiger partial charge is 0.341 e. The number of hydrogen-bond acceptors (Lipinski definition) is 4. The average Bonchev–Trinajstić information content (AvgIpc) is 3.42. The minimum Gasteiger partial charge on any atom is -0.341 e. The van der Waals surface area contributed by atoms with E-state index >= 15 is 0 Å². The number of hydrogen-bond donors (Lipinski definition) is 1. The summed E-state index contributed by atoms with van der Waals surface area (Å²) in [6, 6.07) is 6.51. The van der Waals surface area contributed by atoms with E-state index < -0.39 is 0 Å². The third-order valence-corrected chi connectivity index (χ3v) is 10.1. The molecule has 1 spiro atoms. The molecule has 0 radical (unpaired) electrons. The topological polar surface area (TPSA) is 80.1 Å². The number of anilines is 1. The van der Waals surface area contributed by atoms with E-state index in [4.69, 9.17) is 10.2 Å². The molecule has 7 heteroatoms. The molecule has 3 aliphatic carbocycles. The van der Waals surface area contributed by atoms with Crippen LogP contribution in [0.5, 0.6) is 0 Å². The first-order valence-electron chi connectivity index (χ1n) is 14.6. The Hall–Kier alpha value is -2.70. The van der Waals surface area contributed by atoms with Gasteiger partial charge in [-0.3, -0.25) is 9.59 Å². The van der Waals surface area contributed by atoms with Crippen LogP contribution >= 0.6 is 0 Å². The Morgan fingerprint density at radius 1 is 0.974 bits per heavy atom. The van der Waals surface area contributed by atoms with Crippen LogP contribution in [0.3, 0.4) is 0 Å². The minimum atomic E-state index is -0.345. The molecular weight excluding hydrogens is 474 g/mol. The summed E-state index contributed by atoms with van der Waals surface area (Å²) in [4.78, 5) is 27.9. The molecule has 4 aliphatic rings. The number of nitrogens with zero attached hydrogens (tertiary/aromatic N) is 4. The molecule has 2 amide bonds. The Bertz CT molecular complexity index is 1240. The van der Waals surface area contributed by atoms with E-state index in [0.29, 0.717) is 35.9 Å². The van der Waals surface area contributed by atoms with Crippen LogP contribution in [0, 0.1) is 30.6 Å². The highest BCUT2D eigenvalue weighted by Crippen LogP contribution is 2.61. The maximum absolute atomic E-state index is 13.7. The lowest BCUT2D eigenvalue weighted by Crippen LogP contribution is -2.41. The fourth-order valence-electron chi connectivity index (χ4n) is 7.36. The van der Waals surface area contributed by atoms with Crippen molar-refractivity contribution in [2.45, 2.75) is 104 Å². The van der Waals surface area contributed by atoms with Crippen LogP contribution in [0.1, 0.15) is 113 Å². The lowest BCUT2D eigenvalue weighted by atomic mass is 9.52. The standard InChI is InChI=1S/C31H43N5O2/c1-19-6-9-26(20(2)14-19)32-29(38)25-18-35(21(3)37)17-24(25)28-34-33-27(36(28)23-7-8-23)22-15-31(16-22)12-10-30(4,5)11-13-31/h6,9,14,22-25H,7-8,10-13,15-18H2,1-5H3,(H,32,38)/t24-,25-/m0/s1. The highest BCUT2D eigenvalue weighted by atomic mass is 16.2. The smallest absolute Gasteiger partial charge is 0.230 e. The zero-order valence-electron chi connectivity index (χ0n) is 23.7. The molecule has 3 saturated carbocycles. The minimum absolute atomic E-state index is 0.00989. The van der Waals surface area contributed by atoms with E-state index in [1.807, 2.05) is 24.0 Å². The van der Waals surface area contributed by atoms with Crippen LogP contribution in [-0.4, -0.2) is 44.6 Å². The summed E-state index contributed by atoms with van der Waals surface area (Å²) in [6.45, 7) is 11.4. The lowest BCUT2D eigenvalue weighted by molar-refractivity contribution is -0.128. The molecule has 1 saturated heterocycles. The van der Waals surface area contributed by atoms with Gasteiger partial charge >= 0.3 is 0 Å². The monoisotopic (exact) mass is 517 g/mol. The fraction of sp³-hybridized carbons (Fsp3) is 0.677. The predicted molar refractivity (Wildman–Crippen MR) is 148 cm³/mol. The molecule has 2 heterocycles. The van der Waals surface area contributed by atoms with Crippen LogP contribution < -0.4 is 5.32 Å². The van der Waals surface area contributed by atoms with Gasteiger partial charge in [0.25, 0.3) is 0 Å². The number of aromatic nitrogens is 3. The summed E-state index contributed by atoms with van der Waals surface area (Å²) < 4.78 is 2.40. The number of amides is 2. The second-order valence-corrected chi connectivity index (χ2v) is 13.7. The highest BCUT2D eigenvalue weighted by Gasteiger charge is 2.51. The van der Waals surface area contributed by atoms with Crippen molar-refractivity contribution in [1.29, 1.82) is 0 Å². The van der Waals surface area contributed by atoms with Crippen molar-refractivity contribution in [3.05, 3.63) is 41.0 Å². The van der Waals surface area contributed by atoms with Crippen molar-refractivity contribution < 1.29 is 9.59 Å². The average molecular weight is 518 g/mol. The van der Waals surface area contributed by atoms with E-state index in [0.717, 1.165) is 35.7 Å². The van der Waals surface area contributed by atoms with E-state index in [1.165, 1.54) is 44.1 Å². The summed E-state index contributed by atoms with van der Waals surface area (Å²) in [7, 11) is 0. The Kier molecular flexibility index (Phi) is 6.19. The van der Waals surface area contributed by atoms with Gasteiger partial charge in [0.2, 0.25) is 11.8 Å². The number of carbonyl (C=O) groups is 2. The highest BCUT2D eigenvalue weighted by molar-refractivity contribution is 5.94. The van der Waals surface area contributed by atoms with Gasteiger partial charge in [-0.2, -0.15) is 0 Å². The summed E-state index contributed by atoms with van der Waals surface area (Å²) in [5.41, 5.74) is 4.02. The molecule has 0 unspecified atom stereocenters. The van der Waals surface area contributed by atoms with Gasteiger partial charge < -0.3 is 14.8 Å². The third kappa shape index (κ3) is 4.66. The summed E-state index contributed by atoms with van der Waals surface area (Å²) in [5, 5.41) is 12.7. The quantitative estimate of drug-likeness (QED) is 0.536. The van der Waals surface area contributed by atoms with Gasteiger partial charge in [0, 0.05) is 37.7 Å². The van der Waals surface area contributed by atoms with Crippen molar-refractivity contribution in [3.8, 4) is 0 Å². The van der Waals surface area contributed by atoms with Crippen molar-refractivity contribution in [2.75, 3.05) is 18.4 Å². The molecule has 2 atom stereocenters. The first kappa shape index (κ1) is 25.6. The first-order chi connectivity index (χ1) is 18.0. The van der Waals surface area contributed by atoms with Crippen molar-refractivity contribution >= 4 is 17.5 Å². The molecule has 0 bridgehead atoms. The van der Waals surface area contributed by atoms with Gasteiger partial charge in [-0.05, 0) is 87.7 Å². The summed E-state index contributed by atoms with van der Waals surface area (Å²) in [5.74, 6) is 2.00. The Morgan fingerprint density at radius 2 is 1.66 bits per heavy atom. The molecule has 1 aliphatic heterocycles. The molecule has 2 aromatic rings. The van der Waals surface area contributed by atoms with E-state index in [9.17, 15) is 9.59 Å². The van der Waals surface area contributed by atoms with Gasteiger partial charge in [-0.25, -0.2) is 0 Å². The first-order valence-corrected chi connectivity index (χ1v) is 14.6. The Morgan fingerprint density at radius 3 is 2.29 bits per heavy atom. The predicted octanol–water partition coefficient (Wildman–Crippen LogP) is 5.89. The van der Waals surface area contributed by atoms with Crippen molar-refractivity contribution in [1.82, 2.24) is 19.7 Å². The van der Waals surface area contributed by atoms with Crippen LogP contribution in [-0.2, 0) is 9.59 Å². The Labute approximate surface area is 226 Å². The lowest BCUT2D eigenvalue weighted by Gasteiger charge is -2.53. The molecule has 1 aromatic carbocycles. The number of benzene rings is 1. The number of aryl methyl sites for hydroxylation is 2. The molecule has 1 N–H and O–H groups in total. The van der Waals surface area contributed by atoms with E-state index in [2.05, 4.69) is 36.7 Å². The van der Waals surface area contributed by atoms with Crippen molar-refractivity contribution in [2.24, 2.45) is 16.7 Å². The number of carbonyl (C=O) groups excluding carboxylic acids is 2. The maximum Gasteiger partial charge on any atom is 0.230 e. The van der Waals surface area contributed by atoms with Gasteiger partial charge in [-0.1, -0.05) is 31.5 Å². The normalized spacial score (nSPS) is 26.4. The molecule has 204 valence electrons. The van der Waals surface area contributed by atoms with Crippen LogP contribution in [0.25, 0.3) is 0 Å². The van der Waals surface area contributed by atoms with Crippen LogP contribution in [0.2, 0.25) is 0 Å². The number of likely N-dealkylation sites (tertiary alicyclic amines) is 1.